The van der Waals surface area contributed by atoms with Crippen molar-refractivity contribution in [3.05, 3.63) is 59.2 Å². The minimum absolute atomic E-state index is 0.112. The third-order valence-electron chi connectivity index (χ3n) is 4.48. The SMILES string of the molecule is CC[C@H](Oc1cc(C)ccc1C)C(=O)NCCOc1ccccc1C(C)C. The highest BCUT2D eigenvalue weighted by molar-refractivity contribution is 5.81. The van der Waals surface area contributed by atoms with Crippen molar-refractivity contribution in [3.8, 4) is 11.5 Å². The highest BCUT2D eigenvalue weighted by Gasteiger charge is 2.19. The minimum atomic E-state index is -0.506. The second kappa shape index (κ2) is 10.0. The van der Waals surface area contributed by atoms with E-state index in [9.17, 15) is 4.79 Å². The Bertz CT molecular complexity index is 755. The lowest BCUT2D eigenvalue weighted by Crippen LogP contribution is -2.39. The Balaban J connectivity index is 1.86. The van der Waals surface area contributed by atoms with Gasteiger partial charge in [0.2, 0.25) is 0 Å². The zero-order valence-electron chi connectivity index (χ0n) is 17.0. The number of nitrogens with one attached hydrogen (secondary N) is 1. The highest BCUT2D eigenvalue weighted by Crippen LogP contribution is 2.25. The number of carbonyl (C=O) groups is 1. The maximum atomic E-state index is 12.5. The molecule has 0 unspecified atom stereocenters. The standard InChI is InChI=1S/C23H31NO3/c1-6-20(27-22-15-17(4)11-12-18(22)5)23(25)24-13-14-26-21-10-8-7-9-19(21)16(2)3/h7-12,15-16,20H,6,13-14H2,1-5H3,(H,24,25)/t20-/m0/s1. The Labute approximate surface area is 162 Å². The number of rotatable bonds is 9. The van der Waals surface area contributed by atoms with Crippen LogP contribution < -0.4 is 14.8 Å². The largest absolute Gasteiger partial charge is 0.491 e. The van der Waals surface area contributed by atoms with Crippen LogP contribution >= 0.6 is 0 Å². The average Bonchev–Trinajstić information content (AvgIpc) is 2.65. The number of aryl methyl sites for hydroxylation is 2. The summed E-state index contributed by atoms with van der Waals surface area (Å²) in [5.41, 5.74) is 3.32. The summed E-state index contributed by atoms with van der Waals surface area (Å²) >= 11 is 0. The average molecular weight is 370 g/mol. The lowest BCUT2D eigenvalue weighted by Gasteiger charge is -2.19. The van der Waals surface area contributed by atoms with Gasteiger partial charge in [0.1, 0.15) is 18.1 Å². The number of amides is 1. The fourth-order valence-corrected chi connectivity index (χ4v) is 2.85. The summed E-state index contributed by atoms with van der Waals surface area (Å²) in [6.45, 7) is 11.1. The van der Waals surface area contributed by atoms with Crippen LogP contribution in [0, 0.1) is 13.8 Å². The molecule has 0 spiro atoms. The molecule has 1 atom stereocenters. The van der Waals surface area contributed by atoms with Crippen LogP contribution in [0.3, 0.4) is 0 Å². The molecule has 2 aromatic carbocycles. The predicted molar refractivity (Wildman–Crippen MR) is 110 cm³/mol. The van der Waals surface area contributed by atoms with E-state index in [0.29, 0.717) is 25.5 Å². The van der Waals surface area contributed by atoms with E-state index in [1.54, 1.807) is 0 Å². The summed E-state index contributed by atoms with van der Waals surface area (Å²) in [7, 11) is 0. The molecule has 0 heterocycles. The Morgan fingerprint density at radius 2 is 1.81 bits per heavy atom. The first-order valence-corrected chi connectivity index (χ1v) is 9.65. The van der Waals surface area contributed by atoms with Gasteiger partial charge in [-0.15, -0.1) is 0 Å². The lowest BCUT2D eigenvalue weighted by molar-refractivity contribution is -0.128. The first-order valence-electron chi connectivity index (χ1n) is 9.65. The summed E-state index contributed by atoms with van der Waals surface area (Å²) in [5, 5.41) is 2.92. The van der Waals surface area contributed by atoms with Gasteiger partial charge in [-0.25, -0.2) is 0 Å². The summed E-state index contributed by atoms with van der Waals surface area (Å²) in [5.74, 6) is 1.92. The topological polar surface area (TPSA) is 47.6 Å². The van der Waals surface area contributed by atoms with Crippen molar-refractivity contribution in [2.24, 2.45) is 0 Å². The Morgan fingerprint density at radius 1 is 1.07 bits per heavy atom. The molecule has 2 aromatic rings. The van der Waals surface area contributed by atoms with Crippen LogP contribution in [0.25, 0.3) is 0 Å². The summed E-state index contributed by atoms with van der Waals surface area (Å²) in [6, 6.07) is 14.0. The summed E-state index contributed by atoms with van der Waals surface area (Å²) in [4.78, 5) is 12.5. The van der Waals surface area contributed by atoms with Gasteiger partial charge < -0.3 is 14.8 Å². The fraction of sp³-hybridized carbons (Fsp3) is 0.435. The van der Waals surface area contributed by atoms with Gasteiger partial charge >= 0.3 is 0 Å². The number of para-hydroxylation sites is 1. The lowest BCUT2D eigenvalue weighted by atomic mass is 10.0. The van der Waals surface area contributed by atoms with E-state index in [1.807, 2.05) is 57.2 Å². The van der Waals surface area contributed by atoms with Gasteiger partial charge in [-0.3, -0.25) is 4.79 Å². The van der Waals surface area contributed by atoms with E-state index in [2.05, 4.69) is 25.2 Å². The molecule has 1 N–H and O–H groups in total. The van der Waals surface area contributed by atoms with Crippen molar-refractivity contribution in [3.63, 3.8) is 0 Å². The zero-order chi connectivity index (χ0) is 19.8. The van der Waals surface area contributed by atoms with Gasteiger partial charge in [-0.2, -0.15) is 0 Å². The van der Waals surface area contributed by atoms with Gasteiger partial charge in [0.15, 0.2) is 6.10 Å². The normalized spacial score (nSPS) is 11.9. The molecule has 0 aliphatic carbocycles. The molecule has 0 radical (unpaired) electrons. The number of hydrogen-bond donors (Lipinski definition) is 1. The van der Waals surface area contributed by atoms with Crippen molar-refractivity contribution in [1.82, 2.24) is 5.32 Å². The van der Waals surface area contributed by atoms with Crippen LogP contribution in [0.5, 0.6) is 11.5 Å². The first-order chi connectivity index (χ1) is 12.9. The quantitative estimate of drug-likeness (QED) is 0.647. The molecule has 0 aromatic heterocycles. The molecule has 0 fully saturated rings. The molecule has 1 amide bonds. The monoisotopic (exact) mass is 369 g/mol. The molecule has 146 valence electrons. The highest BCUT2D eigenvalue weighted by atomic mass is 16.5. The van der Waals surface area contributed by atoms with Crippen molar-refractivity contribution < 1.29 is 14.3 Å². The molecule has 4 heteroatoms. The molecule has 0 bridgehead atoms. The second-order valence-corrected chi connectivity index (χ2v) is 7.12. The van der Waals surface area contributed by atoms with E-state index in [-0.39, 0.29) is 5.91 Å². The maximum absolute atomic E-state index is 12.5. The molecule has 0 saturated heterocycles. The van der Waals surface area contributed by atoms with E-state index in [1.165, 1.54) is 5.56 Å². The van der Waals surface area contributed by atoms with Crippen molar-refractivity contribution in [1.29, 1.82) is 0 Å². The van der Waals surface area contributed by atoms with Gasteiger partial charge in [0.25, 0.3) is 5.91 Å². The molecule has 4 nitrogen and oxygen atoms in total. The van der Waals surface area contributed by atoms with Crippen LogP contribution in [-0.2, 0) is 4.79 Å². The number of ether oxygens (including phenoxy) is 2. The van der Waals surface area contributed by atoms with Crippen LogP contribution in [0.4, 0.5) is 0 Å². The zero-order valence-corrected chi connectivity index (χ0v) is 17.0. The van der Waals surface area contributed by atoms with Crippen LogP contribution in [0.1, 0.15) is 49.8 Å². The molecule has 27 heavy (non-hydrogen) atoms. The van der Waals surface area contributed by atoms with Crippen LogP contribution in [0.2, 0.25) is 0 Å². The van der Waals surface area contributed by atoms with E-state index >= 15 is 0 Å². The molecular formula is C23H31NO3. The maximum Gasteiger partial charge on any atom is 0.261 e. The van der Waals surface area contributed by atoms with Crippen molar-refractivity contribution in [2.45, 2.75) is 53.1 Å². The first kappa shape index (κ1) is 20.8. The third-order valence-corrected chi connectivity index (χ3v) is 4.48. The van der Waals surface area contributed by atoms with Crippen LogP contribution in [-0.4, -0.2) is 25.2 Å². The summed E-state index contributed by atoms with van der Waals surface area (Å²) in [6.07, 6.45) is 0.101. The number of carbonyl (C=O) groups excluding carboxylic acids is 1. The smallest absolute Gasteiger partial charge is 0.261 e. The van der Waals surface area contributed by atoms with Crippen molar-refractivity contribution in [2.75, 3.05) is 13.2 Å². The third kappa shape index (κ3) is 6.02. The van der Waals surface area contributed by atoms with E-state index in [4.69, 9.17) is 9.47 Å². The van der Waals surface area contributed by atoms with Crippen LogP contribution in [0.15, 0.2) is 42.5 Å². The molecule has 2 rings (SSSR count). The van der Waals surface area contributed by atoms with E-state index < -0.39 is 6.10 Å². The summed E-state index contributed by atoms with van der Waals surface area (Å²) < 4.78 is 11.8. The minimum Gasteiger partial charge on any atom is -0.491 e. The molecular weight excluding hydrogens is 338 g/mol. The van der Waals surface area contributed by atoms with Gasteiger partial charge in [-0.05, 0) is 55.0 Å². The van der Waals surface area contributed by atoms with Crippen molar-refractivity contribution >= 4 is 5.91 Å². The molecule has 0 aliphatic rings. The Morgan fingerprint density at radius 3 is 2.52 bits per heavy atom. The molecule has 0 saturated carbocycles. The van der Waals surface area contributed by atoms with Gasteiger partial charge in [0, 0.05) is 0 Å². The number of benzene rings is 2. The second-order valence-electron chi connectivity index (χ2n) is 7.12. The number of hydrogen-bond acceptors (Lipinski definition) is 3. The Hall–Kier alpha value is -2.49. The van der Waals surface area contributed by atoms with Gasteiger partial charge in [0.05, 0.1) is 6.54 Å². The fourth-order valence-electron chi connectivity index (χ4n) is 2.85. The van der Waals surface area contributed by atoms with E-state index in [0.717, 1.165) is 22.6 Å². The molecule has 0 aliphatic heterocycles. The Kier molecular flexibility index (Phi) is 7.71. The van der Waals surface area contributed by atoms with Gasteiger partial charge in [-0.1, -0.05) is 51.1 Å². The predicted octanol–water partition coefficient (Wildman–Crippen LogP) is 4.78.